The molecule has 0 amide bonds. The second-order valence-corrected chi connectivity index (χ2v) is 8.23. The van der Waals surface area contributed by atoms with Crippen molar-refractivity contribution in [1.29, 1.82) is 0 Å². The highest BCUT2D eigenvalue weighted by atomic mass is 32.2. The van der Waals surface area contributed by atoms with E-state index < -0.39 is 43.2 Å². The largest absolute Gasteiger partial charge is 0.480 e. The van der Waals surface area contributed by atoms with Gasteiger partial charge in [0.2, 0.25) is 0 Å². The van der Waals surface area contributed by atoms with Crippen LogP contribution in [0.5, 0.6) is 0 Å². The van der Waals surface area contributed by atoms with E-state index in [0.29, 0.717) is 0 Å². The van der Waals surface area contributed by atoms with Crippen LogP contribution in [0.1, 0.15) is 29.3 Å². The fourth-order valence-corrected chi connectivity index (χ4v) is 5.31. The molecule has 11 heteroatoms. The number of nitrogens with zero attached hydrogens (tertiary/aromatic N) is 2. The molecule has 1 unspecified atom stereocenters. The number of carboxylic acid groups (broad SMARTS) is 1. The highest BCUT2D eigenvalue weighted by Gasteiger charge is 2.55. The summed E-state index contributed by atoms with van der Waals surface area (Å²) in [6.07, 6.45) is -3.59. The third kappa shape index (κ3) is 3.17. The van der Waals surface area contributed by atoms with Gasteiger partial charge in [-0.2, -0.15) is 18.3 Å². The molecule has 1 fully saturated rings. The molecule has 0 aliphatic carbocycles. The van der Waals surface area contributed by atoms with Crippen LogP contribution in [0.15, 0.2) is 18.9 Å². The van der Waals surface area contributed by atoms with Crippen LogP contribution in [0.2, 0.25) is 0 Å². The summed E-state index contributed by atoms with van der Waals surface area (Å²) in [5, 5.41) is 13.9. The van der Waals surface area contributed by atoms with Gasteiger partial charge in [-0.15, -0.1) is 6.58 Å². The summed E-state index contributed by atoms with van der Waals surface area (Å²) in [5.41, 5.74) is -1.98. The Kier molecular flexibility index (Phi) is 5.01. The van der Waals surface area contributed by atoms with Gasteiger partial charge in [0, 0.05) is 18.8 Å². The molecule has 1 aliphatic heterocycles. The molecule has 2 rings (SSSR count). The van der Waals surface area contributed by atoms with Gasteiger partial charge >= 0.3 is 12.1 Å². The Labute approximate surface area is 142 Å². The third-order valence-electron chi connectivity index (χ3n) is 4.33. The average molecular weight is 381 g/mol. The average Bonchev–Trinajstić information content (AvgIpc) is 2.90. The van der Waals surface area contributed by atoms with E-state index in [1.807, 2.05) is 0 Å². The SMILES string of the molecule is C=CC(c1cn(C)nc1C(F)(F)F)S(=O)(=O)C1(C(=O)O)CCNCC1. The second kappa shape index (κ2) is 6.45. The van der Waals surface area contributed by atoms with Crippen LogP contribution in [-0.4, -0.2) is 47.1 Å². The molecule has 1 saturated heterocycles. The number of hydrogen-bond acceptors (Lipinski definition) is 5. The molecule has 25 heavy (non-hydrogen) atoms. The van der Waals surface area contributed by atoms with Crippen molar-refractivity contribution in [3.8, 4) is 0 Å². The van der Waals surface area contributed by atoms with E-state index in [2.05, 4.69) is 17.0 Å². The predicted molar refractivity (Wildman–Crippen MR) is 82.5 cm³/mol. The smallest absolute Gasteiger partial charge is 0.435 e. The van der Waals surface area contributed by atoms with Gasteiger partial charge < -0.3 is 10.4 Å². The van der Waals surface area contributed by atoms with E-state index in [9.17, 15) is 31.5 Å². The Morgan fingerprint density at radius 1 is 1.48 bits per heavy atom. The second-order valence-electron chi connectivity index (χ2n) is 5.86. The summed E-state index contributed by atoms with van der Waals surface area (Å²) in [4.78, 5) is 11.8. The van der Waals surface area contributed by atoms with Gasteiger partial charge in [-0.3, -0.25) is 9.48 Å². The molecule has 0 aromatic carbocycles. The van der Waals surface area contributed by atoms with Gasteiger partial charge in [0.15, 0.2) is 20.3 Å². The standard InChI is InChI=1S/C14H18F3N3O4S/c1-3-10(9-8-20(2)19-11(9)14(15,16)17)25(23,24)13(12(21)22)4-6-18-7-5-13/h3,8,10,18H,1,4-7H2,2H3,(H,21,22). The van der Waals surface area contributed by atoms with Crippen molar-refractivity contribution < 1.29 is 31.5 Å². The summed E-state index contributed by atoms with van der Waals surface area (Å²) < 4.78 is 64.5. The number of carbonyl (C=O) groups is 1. The maximum absolute atomic E-state index is 13.2. The van der Waals surface area contributed by atoms with Crippen LogP contribution in [-0.2, 0) is 27.9 Å². The topological polar surface area (TPSA) is 101 Å². The van der Waals surface area contributed by atoms with Crippen LogP contribution >= 0.6 is 0 Å². The van der Waals surface area contributed by atoms with E-state index in [4.69, 9.17) is 0 Å². The zero-order valence-electron chi connectivity index (χ0n) is 13.4. The van der Waals surface area contributed by atoms with Crippen molar-refractivity contribution in [3.63, 3.8) is 0 Å². The molecule has 1 aromatic heterocycles. The molecule has 1 aromatic rings. The normalized spacial score (nSPS) is 19.4. The number of sulfone groups is 1. The van der Waals surface area contributed by atoms with Crippen LogP contribution in [0.4, 0.5) is 13.2 Å². The summed E-state index contributed by atoms with van der Waals surface area (Å²) in [6.45, 7) is 3.60. The maximum Gasteiger partial charge on any atom is 0.435 e. The first-order valence-corrected chi connectivity index (χ1v) is 8.93. The van der Waals surface area contributed by atoms with Crippen molar-refractivity contribution in [2.24, 2.45) is 7.05 Å². The minimum absolute atomic E-state index is 0.133. The lowest BCUT2D eigenvalue weighted by molar-refractivity contribution is -0.142. The van der Waals surface area contributed by atoms with Gasteiger partial charge in [0.05, 0.1) is 0 Å². The zero-order chi connectivity index (χ0) is 19.0. The van der Waals surface area contributed by atoms with E-state index in [1.54, 1.807) is 0 Å². The third-order valence-corrected chi connectivity index (χ3v) is 7.11. The van der Waals surface area contributed by atoms with E-state index in [0.717, 1.165) is 17.0 Å². The molecular formula is C14H18F3N3O4S. The van der Waals surface area contributed by atoms with Gasteiger partial charge in [-0.1, -0.05) is 6.08 Å². The van der Waals surface area contributed by atoms with E-state index in [-0.39, 0.29) is 25.9 Å². The van der Waals surface area contributed by atoms with Gasteiger partial charge in [0.25, 0.3) is 0 Å². The summed E-state index contributed by atoms with van der Waals surface area (Å²) in [6, 6.07) is 0. The molecule has 0 bridgehead atoms. The van der Waals surface area contributed by atoms with Crippen molar-refractivity contribution in [2.75, 3.05) is 13.1 Å². The van der Waals surface area contributed by atoms with Crippen LogP contribution in [0, 0.1) is 0 Å². The maximum atomic E-state index is 13.2. The Bertz CT molecular complexity index is 780. The number of hydrogen-bond donors (Lipinski definition) is 2. The molecule has 2 heterocycles. The monoisotopic (exact) mass is 381 g/mol. The number of halogens is 3. The molecule has 0 spiro atoms. The highest BCUT2D eigenvalue weighted by Crippen LogP contribution is 2.42. The number of nitrogens with one attached hydrogen (secondary N) is 1. The molecular weight excluding hydrogens is 363 g/mol. The van der Waals surface area contributed by atoms with Crippen LogP contribution in [0.25, 0.3) is 0 Å². The number of aromatic nitrogens is 2. The number of aliphatic carboxylic acids is 1. The van der Waals surface area contributed by atoms with Gasteiger partial charge in [-0.05, 0) is 25.9 Å². The fourth-order valence-electron chi connectivity index (χ4n) is 3.05. The number of aryl methyl sites for hydroxylation is 1. The first kappa shape index (κ1) is 19.4. The molecule has 140 valence electrons. The molecule has 7 nitrogen and oxygen atoms in total. The fraction of sp³-hybridized carbons (Fsp3) is 0.571. The highest BCUT2D eigenvalue weighted by molar-refractivity contribution is 7.94. The molecule has 0 saturated carbocycles. The quantitative estimate of drug-likeness (QED) is 0.746. The predicted octanol–water partition coefficient (Wildman–Crippen LogP) is 1.29. The Hall–Kier alpha value is -1.88. The number of carboxylic acids is 1. The Morgan fingerprint density at radius 3 is 2.48 bits per heavy atom. The number of alkyl halides is 3. The first-order chi connectivity index (χ1) is 11.5. The molecule has 1 atom stereocenters. The lowest BCUT2D eigenvalue weighted by Gasteiger charge is -2.35. The number of rotatable bonds is 5. The van der Waals surface area contributed by atoms with E-state index in [1.165, 1.54) is 7.05 Å². The summed E-state index contributed by atoms with van der Waals surface area (Å²) >= 11 is 0. The van der Waals surface area contributed by atoms with E-state index >= 15 is 0 Å². The lowest BCUT2D eigenvalue weighted by Crippen LogP contribution is -2.54. The van der Waals surface area contributed by atoms with Gasteiger partial charge in [-0.25, -0.2) is 8.42 Å². The van der Waals surface area contributed by atoms with Crippen molar-refractivity contribution in [3.05, 3.63) is 30.1 Å². The van der Waals surface area contributed by atoms with Gasteiger partial charge in [0.1, 0.15) is 5.25 Å². The Morgan fingerprint density at radius 2 is 2.04 bits per heavy atom. The first-order valence-electron chi connectivity index (χ1n) is 7.38. The summed E-state index contributed by atoms with van der Waals surface area (Å²) in [5.74, 6) is -1.57. The van der Waals surface area contributed by atoms with Crippen molar-refractivity contribution >= 4 is 15.8 Å². The number of piperidine rings is 1. The van der Waals surface area contributed by atoms with Crippen LogP contribution in [0.3, 0.4) is 0 Å². The minimum atomic E-state index is -4.88. The molecule has 0 radical (unpaired) electrons. The van der Waals surface area contributed by atoms with Crippen molar-refractivity contribution in [2.45, 2.75) is 29.0 Å². The zero-order valence-corrected chi connectivity index (χ0v) is 14.2. The summed E-state index contributed by atoms with van der Waals surface area (Å²) in [7, 11) is -3.34. The molecule has 2 N–H and O–H groups in total. The van der Waals surface area contributed by atoms with Crippen molar-refractivity contribution in [1.82, 2.24) is 15.1 Å². The lowest BCUT2D eigenvalue weighted by atomic mass is 9.97. The molecule has 1 aliphatic rings. The minimum Gasteiger partial charge on any atom is -0.480 e. The van der Waals surface area contributed by atoms with Crippen LogP contribution < -0.4 is 5.32 Å². The Balaban J connectivity index is 2.64.